The topological polar surface area (TPSA) is 78.9 Å². The van der Waals surface area contributed by atoms with E-state index in [2.05, 4.69) is 4.72 Å². The molecule has 1 atom stereocenters. The number of phenolic OH excluding ortho intramolecular Hbond substituents is 1. The van der Waals surface area contributed by atoms with Gasteiger partial charge in [-0.25, -0.2) is 0 Å². The number of anilines is 1. The van der Waals surface area contributed by atoms with Crippen LogP contribution in [0.4, 0.5) is 5.69 Å². The zero-order chi connectivity index (χ0) is 14.8. The standard InChI is InChI=1S/C13H20N2O4S/c1-10-5-4-8-15(9-10)20(17,18)14-13-11(16)6-3-7-12(13)19-2/h3,6-7,10,14,16H,4-5,8-9H2,1-2H3. The van der Waals surface area contributed by atoms with Crippen LogP contribution in [-0.4, -0.2) is 38.0 Å². The number of nitrogens with zero attached hydrogens (tertiary/aromatic N) is 1. The third-order valence-electron chi connectivity index (χ3n) is 3.41. The molecule has 1 unspecified atom stereocenters. The monoisotopic (exact) mass is 300 g/mol. The SMILES string of the molecule is COc1cccc(O)c1NS(=O)(=O)N1CCCC(C)C1. The van der Waals surface area contributed by atoms with Crippen LogP contribution in [0.1, 0.15) is 19.8 Å². The Morgan fingerprint density at radius 3 is 2.85 bits per heavy atom. The highest BCUT2D eigenvalue weighted by molar-refractivity contribution is 7.90. The van der Waals surface area contributed by atoms with Gasteiger partial charge in [0.1, 0.15) is 17.2 Å². The molecule has 6 nitrogen and oxygen atoms in total. The number of hydrogen-bond donors (Lipinski definition) is 2. The van der Waals surface area contributed by atoms with Gasteiger partial charge in [-0.15, -0.1) is 0 Å². The van der Waals surface area contributed by atoms with E-state index < -0.39 is 10.2 Å². The average Bonchev–Trinajstić information content (AvgIpc) is 2.41. The van der Waals surface area contributed by atoms with Crippen molar-refractivity contribution in [3.63, 3.8) is 0 Å². The van der Waals surface area contributed by atoms with Crippen molar-refractivity contribution >= 4 is 15.9 Å². The molecule has 1 fully saturated rings. The second-order valence-corrected chi connectivity index (χ2v) is 6.74. The van der Waals surface area contributed by atoms with Gasteiger partial charge in [0.2, 0.25) is 0 Å². The molecule has 0 aromatic heterocycles. The van der Waals surface area contributed by atoms with Gasteiger partial charge in [-0.3, -0.25) is 4.72 Å². The summed E-state index contributed by atoms with van der Waals surface area (Å²) in [5.41, 5.74) is 0.0771. The highest BCUT2D eigenvalue weighted by Crippen LogP contribution is 2.34. The summed E-state index contributed by atoms with van der Waals surface area (Å²) in [4.78, 5) is 0. The molecule has 7 heteroatoms. The van der Waals surface area contributed by atoms with Crippen molar-refractivity contribution in [3.8, 4) is 11.5 Å². The predicted molar refractivity (Wildman–Crippen MR) is 77.2 cm³/mol. The summed E-state index contributed by atoms with van der Waals surface area (Å²) in [6, 6.07) is 4.60. The van der Waals surface area contributed by atoms with Crippen LogP contribution in [0.25, 0.3) is 0 Å². The number of aromatic hydroxyl groups is 1. The van der Waals surface area contributed by atoms with E-state index in [-0.39, 0.29) is 11.4 Å². The summed E-state index contributed by atoms with van der Waals surface area (Å²) in [7, 11) is -2.25. The van der Waals surface area contributed by atoms with E-state index in [1.807, 2.05) is 6.92 Å². The van der Waals surface area contributed by atoms with Crippen LogP contribution in [0.15, 0.2) is 18.2 Å². The lowest BCUT2D eigenvalue weighted by Gasteiger charge is -2.30. The second kappa shape index (κ2) is 5.88. The molecular weight excluding hydrogens is 280 g/mol. The number of ether oxygens (including phenoxy) is 1. The highest BCUT2D eigenvalue weighted by Gasteiger charge is 2.28. The Kier molecular flexibility index (Phi) is 4.39. The molecule has 1 heterocycles. The molecule has 0 bridgehead atoms. The van der Waals surface area contributed by atoms with E-state index in [1.54, 1.807) is 12.1 Å². The number of rotatable bonds is 4. The van der Waals surface area contributed by atoms with Crippen LogP contribution in [-0.2, 0) is 10.2 Å². The molecule has 1 aromatic carbocycles. The molecule has 0 radical (unpaired) electrons. The average molecular weight is 300 g/mol. The highest BCUT2D eigenvalue weighted by atomic mass is 32.2. The first-order chi connectivity index (χ1) is 9.44. The van der Waals surface area contributed by atoms with Crippen molar-refractivity contribution in [1.82, 2.24) is 4.31 Å². The van der Waals surface area contributed by atoms with Gasteiger partial charge in [0.25, 0.3) is 0 Å². The molecule has 2 N–H and O–H groups in total. The lowest BCUT2D eigenvalue weighted by molar-refractivity contribution is 0.282. The van der Waals surface area contributed by atoms with Crippen LogP contribution < -0.4 is 9.46 Å². The second-order valence-electron chi connectivity index (χ2n) is 5.07. The van der Waals surface area contributed by atoms with E-state index >= 15 is 0 Å². The fraction of sp³-hybridized carbons (Fsp3) is 0.538. The van der Waals surface area contributed by atoms with Crippen LogP contribution in [0.2, 0.25) is 0 Å². The van der Waals surface area contributed by atoms with Crippen LogP contribution in [0, 0.1) is 5.92 Å². The summed E-state index contributed by atoms with van der Waals surface area (Å²) < 4.78 is 33.6. The Balaban J connectivity index is 2.24. The maximum Gasteiger partial charge on any atom is 0.301 e. The number of phenols is 1. The molecule has 1 saturated heterocycles. The minimum atomic E-state index is -3.68. The zero-order valence-corrected chi connectivity index (χ0v) is 12.5. The van der Waals surface area contributed by atoms with Gasteiger partial charge in [0.05, 0.1) is 7.11 Å². The number of benzene rings is 1. The molecular formula is C13H20N2O4S. The molecule has 112 valence electrons. The predicted octanol–water partition coefficient (Wildman–Crippen LogP) is 1.79. The molecule has 1 aliphatic rings. The van der Waals surface area contributed by atoms with Crippen molar-refractivity contribution in [1.29, 1.82) is 0 Å². The Bertz CT molecular complexity index is 574. The van der Waals surface area contributed by atoms with Gasteiger partial charge in [0.15, 0.2) is 0 Å². The van der Waals surface area contributed by atoms with Gasteiger partial charge in [-0.1, -0.05) is 13.0 Å². The largest absolute Gasteiger partial charge is 0.506 e. The lowest BCUT2D eigenvalue weighted by atomic mass is 10.0. The van der Waals surface area contributed by atoms with Crippen LogP contribution in [0.3, 0.4) is 0 Å². The maximum absolute atomic E-state index is 12.4. The molecule has 0 aliphatic carbocycles. The van der Waals surface area contributed by atoms with E-state index in [9.17, 15) is 13.5 Å². The normalized spacial score (nSPS) is 20.6. The lowest BCUT2D eigenvalue weighted by Crippen LogP contribution is -2.42. The molecule has 1 aromatic rings. The molecule has 2 rings (SSSR count). The van der Waals surface area contributed by atoms with Crippen molar-refractivity contribution in [2.75, 3.05) is 24.9 Å². The van der Waals surface area contributed by atoms with E-state index in [0.717, 1.165) is 12.8 Å². The number of methoxy groups -OCH3 is 1. The molecule has 0 spiro atoms. The Morgan fingerprint density at radius 1 is 1.45 bits per heavy atom. The summed E-state index contributed by atoms with van der Waals surface area (Å²) in [5.74, 6) is 0.475. The Hall–Kier alpha value is -1.47. The molecule has 1 aliphatic heterocycles. The maximum atomic E-state index is 12.4. The fourth-order valence-electron chi connectivity index (χ4n) is 2.35. The van der Waals surface area contributed by atoms with E-state index in [4.69, 9.17) is 4.74 Å². The third kappa shape index (κ3) is 3.16. The van der Waals surface area contributed by atoms with E-state index in [1.165, 1.54) is 17.5 Å². The van der Waals surface area contributed by atoms with Crippen molar-refractivity contribution < 1.29 is 18.3 Å². The quantitative estimate of drug-likeness (QED) is 0.831. The Labute approximate surface area is 119 Å². The fourth-order valence-corrected chi connectivity index (χ4v) is 3.76. The molecule has 0 saturated carbocycles. The molecule has 20 heavy (non-hydrogen) atoms. The third-order valence-corrected chi connectivity index (χ3v) is 4.89. The summed E-state index contributed by atoms with van der Waals surface area (Å²) in [5, 5.41) is 9.81. The number of hydrogen-bond acceptors (Lipinski definition) is 4. The minimum absolute atomic E-state index is 0.0771. The van der Waals surface area contributed by atoms with Gasteiger partial charge >= 0.3 is 10.2 Å². The van der Waals surface area contributed by atoms with Crippen LogP contribution in [0.5, 0.6) is 11.5 Å². The number of para-hydroxylation sites is 1. The minimum Gasteiger partial charge on any atom is -0.506 e. The molecule has 0 amide bonds. The first kappa shape index (κ1) is 14.9. The van der Waals surface area contributed by atoms with Crippen molar-refractivity contribution in [3.05, 3.63) is 18.2 Å². The first-order valence-electron chi connectivity index (χ1n) is 6.58. The van der Waals surface area contributed by atoms with E-state index in [0.29, 0.717) is 24.8 Å². The van der Waals surface area contributed by atoms with Gasteiger partial charge in [-0.05, 0) is 30.9 Å². The van der Waals surface area contributed by atoms with Gasteiger partial charge in [0, 0.05) is 13.1 Å². The van der Waals surface area contributed by atoms with Crippen molar-refractivity contribution in [2.24, 2.45) is 5.92 Å². The number of piperidine rings is 1. The Morgan fingerprint density at radius 2 is 2.20 bits per heavy atom. The number of nitrogens with one attached hydrogen (secondary N) is 1. The summed E-state index contributed by atoms with van der Waals surface area (Å²) in [6.45, 7) is 3.02. The van der Waals surface area contributed by atoms with Gasteiger partial charge in [-0.2, -0.15) is 12.7 Å². The summed E-state index contributed by atoms with van der Waals surface area (Å²) >= 11 is 0. The first-order valence-corrected chi connectivity index (χ1v) is 8.02. The smallest absolute Gasteiger partial charge is 0.301 e. The van der Waals surface area contributed by atoms with Gasteiger partial charge < -0.3 is 9.84 Å². The van der Waals surface area contributed by atoms with Crippen LogP contribution >= 0.6 is 0 Å². The summed E-state index contributed by atoms with van der Waals surface area (Å²) in [6.07, 6.45) is 1.88. The zero-order valence-electron chi connectivity index (χ0n) is 11.7. The van der Waals surface area contributed by atoms with Crippen molar-refractivity contribution in [2.45, 2.75) is 19.8 Å².